The van der Waals surface area contributed by atoms with Crippen LogP contribution in [0.15, 0.2) is 53.4 Å². The number of hydrogen-bond acceptors (Lipinski definition) is 7. The summed E-state index contributed by atoms with van der Waals surface area (Å²) in [5.41, 5.74) is 1.26. The number of anilines is 1. The summed E-state index contributed by atoms with van der Waals surface area (Å²) in [6.07, 6.45) is 0. The number of methoxy groups -OCH3 is 2. The van der Waals surface area contributed by atoms with Crippen molar-refractivity contribution in [3.63, 3.8) is 0 Å². The second-order valence-corrected chi connectivity index (χ2v) is 9.18. The van der Waals surface area contributed by atoms with Crippen LogP contribution in [0, 0.1) is 18.3 Å². The predicted octanol–water partition coefficient (Wildman–Crippen LogP) is 4.19. The minimum atomic E-state index is -4.16. The Labute approximate surface area is 178 Å². The molecule has 7 nitrogen and oxygen atoms in total. The van der Waals surface area contributed by atoms with Crippen LogP contribution in [0.2, 0.25) is 0 Å². The number of nitrogens with zero attached hydrogens (tertiary/aromatic N) is 1. The monoisotopic (exact) mass is 442 g/mol. The lowest BCUT2D eigenvalue weighted by Gasteiger charge is -2.15. The van der Waals surface area contributed by atoms with Crippen LogP contribution < -0.4 is 9.46 Å². The number of esters is 1. The van der Waals surface area contributed by atoms with Gasteiger partial charge >= 0.3 is 5.97 Å². The van der Waals surface area contributed by atoms with E-state index in [9.17, 15) is 18.5 Å². The van der Waals surface area contributed by atoms with Crippen molar-refractivity contribution < 1.29 is 22.7 Å². The van der Waals surface area contributed by atoms with Crippen LogP contribution in [0.25, 0.3) is 10.4 Å². The fourth-order valence-corrected chi connectivity index (χ4v) is 5.00. The van der Waals surface area contributed by atoms with E-state index in [2.05, 4.69) is 9.46 Å². The van der Waals surface area contributed by atoms with Gasteiger partial charge in [-0.3, -0.25) is 4.72 Å². The third kappa shape index (κ3) is 4.30. The first kappa shape index (κ1) is 21.4. The average molecular weight is 443 g/mol. The van der Waals surface area contributed by atoms with Crippen molar-refractivity contribution in [1.29, 1.82) is 5.26 Å². The number of thiophene rings is 1. The van der Waals surface area contributed by atoms with Crippen LogP contribution in [0.3, 0.4) is 0 Å². The first-order valence-corrected chi connectivity index (χ1v) is 11.0. The Morgan fingerprint density at radius 1 is 1.10 bits per heavy atom. The smallest absolute Gasteiger partial charge is 0.337 e. The second kappa shape index (κ2) is 8.57. The summed E-state index contributed by atoms with van der Waals surface area (Å²) >= 11 is 1.50. The van der Waals surface area contributed by atoms with Crippen molar-refractivity contribution in [2.45, 2.75) is 11.8 Å². The molecule has 1 aromatic heterocycles. The first-order valence-electron chi connectivity index (χ1n) is 8.69. The van der Waals surface area contributed by atoms with Gasteiger partial charge in [0.15, 0.2) is 0 Å². The fourth-order valence-electron chi connectivity index (χ4n) is 2.82. The molecular formula is C21H18N2O5S2. The summed E-state index contributed by atoms with van der Waals surface area (Å²) in [7, 11) is -1.61. The molecular weight excluding hydrogens is 424 g/mol. The summed E-state index contributed by atoms with van der Waals surface area (Å²) in [4.78, 5) is 13.6. The molecule has 0 amide bonds. The van der Waals surface area contributed by atoms with Crippen molar-refractivity contribution in [1.82, 2.24) is 0 Å². The summed E-state index contributed by atoms with van der Waals surface area (Å²) in [6, 6.07) is 14.6. The Morgan fingerprint density at radius 3 is 2.47 bits per heavy atom. The molecule has 0 spiro atoms. The molecule has 3 rings (SSSR count). The number of carbonyl (C=O) groups excluding carboxylic acids is 1. The maximum atomic E-state index is 13.2. The lowest BCUT2D eigenvalue weighted by Crippen LogP contribution is -2.16. The lowest BCUT2D eigenvalue weighted by molar-refractivity contribution is 0.0600. The van der Waals surface area contributed by atoms with Crippen LogP contribution in [-0.4, -0.2) is 28.6 Å². The molecule has 0 aliphatic heterocycles. The molecule has 9 heteroatoms. The van der Waals surface area contributed by atoms with Gasteiger partial charge in [-0.05, 0) is 49.4 Å². The molecule has 0 unspecified atom stereocenters. The van der Waals surface area contributed by atoms with Gasteiger partial charge in [-0.25, -0.2) is 13.2 Å². The van der Waals surface area contributed by atoms with Gasteiger partial charge in [0.05, 0.1) is 37.1 Å². The number of hydrogen-bond donors (Lipinski definition) is 1. The van der Waals surface area contributed by atoms with Crippen molar-refractivity contribution in [3.05, 3.63) is 64.5 Å². The maximum Gasteiger partial charge on any atom is 0.337 e. The number of ether oxygens (including phenoxy) is 2. The molecule has 154 valence electrons. The van der Waals surface area contributed by atoms with Gasteiger partial charge in [-0.2, -0.15) is 5.26 Å². The van der Waals surface area contributed by atoms with Crippen molar-refractivity contribution in [2.24, 2.45) is 0 Å². The van der Waals surface area contributed by atoms with Crippen LogP contribution in [0.4, 0.5) is 5.69 Å². The standard InChI is InChI=1S/C21H18N2O5S2/c1-13-4-9-19(29-13)16-7-5-14(12-22)10-17(16)23-30(25,26)20-11-15(21(24)28-3)6-8-18(20)27-2/h4-11,23H,1-3H3. The zero-order chi connectivity index (χ0) is 21.9. The minimum absolute atomic E-state index is 0.0681. The highest BCUT2D eigenvalue weighted by atomic mass is 32.2. The number of rotatable bonds is 6. The lowest BCUT2D eigenvalue weighted by atomic mass is 10.1. The molecule has 0 atom stereocenters. The van der Waals surface area contributed by atoms with E-state index in [-0.39, 0.29) is 21.9 Å². The molecule has 1 heterocycles. The van der Waals surface area contributed by atoms with Crippen LogP contribution in [-0.2, 0) is 14.8 Å². The first-order chi connectivity index (χ1) is 14.3. The van der Waals surface area contributed by atoms with Gasteiger partial charge in [-0.1, -0.05) is 6.07 Å². The summed E-state index contributed by atoms with van der Waals surface area (Å²) in [6.45, 7) is 1.95. The number of nitrogens with one attached hydrogen (secondary N) is 1. The highest BCUT2D eigenvalue weighted by molar-refractivity contribution is 7.92. The van der Waals surface area contributed by atoms with E-state index >= 15 is 0 Å². The SMILES string of the molecule is COC(=O)c1ccc(OC)c(S(=O)(=O)Nc2cc(C#N)ccc2-c2ccc(C)s2)c1. The number of sulfonamides is 1. The molecule has 0 saturated carbocycles. The fraction of sp³-hybridized carbons (Fsp3) is 0.143. The van der Waals surface area contributed by atoms with E-state index in [1.165, 1.54) is 49.8 Å². The molecule has 0 aliphatic rings. The van der Waals surface area contributed by atoms with Crippen molar-refractivity contribution >= 4 is 33.0 Å². The normalized spacial score (nSPS) is 10.9. The molecule has 3 aromatic rings. The topological polar surface area (TPSA) is 105 Å². The van der Waals surface area contributed by atoms with E-state index < -0.39 is 16.0 Å². The van der Waals surface area contributed by atoms with Gasteiger partial charge in [0.2, 0.25) is 0 Å². The van der Waals surface area contributed by atoms with E-state index in [1.54, 1.807) is 12.1 Å². The number of carbonyl (C=O) groups is 1. The zero-order valence-electron chi connectivity index (χ0n) is 16.4. The van der Waals surface area contributed by atoms with Crippen molar-refractivity contribution in [3.8, 4) is 22.3 Å². The summed E-state index contributed by atoms with van der Waals surface area (Å²) < 4.78 is 38.8. The van der Waals surface area contributed by atoms with Crippen LogP contribution in [0.1, 0.15) is 20.8 Å². The molecule has 30 heavy (non-hydrogen) atoms. The van der Waals surface area contributed by atoms with Gasteiger partial charge in [0.25, 0.3) is 10.0 Å². The van der Waals surface area contributed by atoms with Gasteiger partial charge < -0.3 is 9.47 Å². The summed E-state index contributed by atoms with van der Waals surface area (Å²) in [5, 5.41) is 9.25. The molecule has 0 bridgehead atoms. The number of benzene rings is 2. The van der Waals surface area contributed by atoms with Gasteiger partial charge in [0, 0.05) is 15.3 Å². The quantitative estimate of drug-likeness (QED) is 0.574. The van der Waals surface area contributed by atoms with E-state index in [0.29, 0.717) is 11.1 Å². The second-order valence-electron chi connectivity index (χ2n) is 6.25. The highest BCUT2D eigenvalue weighted by Crippen LogP contribution is 2.36. The Bertz CT molecular complexity index is 1260. The van der Waals surface area contributed by atoms with Crippen LogP contribution in [0.5, 0.6) is 5.75 Å². The number of nitriles is 1. The molecule has 0 radical (unpaired) electrons. The summed E-state index contributed by atoms with van der Waals surface area (Å²) in [5.74, 6) is -0.601. The zero-order valence-corrected chi connectivity index (χ0v) is 18.1. The van der Waals surface area contributed by atoms with Crippen LogP contribution >= 0.6 is 11.3 Å². The molecule has 2 aromatic carbocycles. The van der Waals surface area contributed by atoms with E-state index in [0.717, 1.165) is 9.75 Å². The Balaban J connectivity index is 2.12. The molecule has 0 fully saturated rings. The molecule has 0 saturated heterocycles. The Hall–Kier alpha value is -3.35. The van der Waals surface area contributed by atoms with Gasteiger partial charge in [-0.15, -0.1) is 11.3 Å². The number of aryl methyl sites for hydroxylation is 1. The molecule has 0 aliphatic carbocycles. The third-order valence-corrected chi connectivity index (χ3v) is 6.69. The Kier molecular flexibility index (Phi) is 6.10. The largest absolute Gasteiger partial charge is 0.495 e. The maximum absolute atomic E-state index is 13.2. The van der Waals surface area contributed by atoms with E-state index in [4.69, 9.17) is 4.74 Å². The van der Waals surface area contributed by atoms with Crippen molar-refractivity contribution in [2.75, 3.05) is 18.9 Å². The van der Waals surface area contributed by atoms with E-state index in [1.807, 2.05) is 25.1 Å². The Morgan fingerprint density at radius 2 is 1.87 bits per heavy atom. The highest BCUT2D eigenvalue weighted by Gasteiger charge is 2.24. The van der Waals surface area contributed by atoms with Gasteiger partial charge in [0.1, 0.15) is 10.6 Å². The minimum Gasteiger partial charge on any atom is -0.495 e. The third-order valence-electron chi connectivity index (χ3n) is 4.27. The molecule has 1 N–H and O–H groups in total. The average Bonchev–Trinajstić information content (AvgIpc) is 3.18. The predicted molar refractivity (Wildman–Crippen MR) is 114 cm³/mol.